The number of rotatable bonds is 2. The molecule has 0 saturated carbocycles. The van der Waals surface area contributed by atoms with Crippen LogP contribution in [0, 0.1) is 0 Å². The molecule has 0 saturated heterocycles. The monoisotopic (exact) mass is 104 g/mol. The zero-order valence-electron chi connectivity index (χ0n) is 4.72. The molecule has 0 aromatic carbocycles. The highest BCUT2D eigenvalue weighted by molar-refractivity contribution is 5.41. The summed E-state index contributed by atoms with van der Waals surface area (Å²) in [5.74, 6) is 0. The van der Waals surface area contributed by atoms with Crippen LogP contribution < -0.4 is 0 Å². The largest absolute Gasteiger partial charge is 0.0766 e. The first-order valence-electron chi connectivity index (χ1n) is 3.01. The smallest absolute Gasteiger partial charge is 0.00946 e. The summed E-state index contributed by atoms with van der Waals surface area (Å²) in [5, 5.41) is 0. The molecule has 0 heterocycles. The molecule has 0 fully saturated rings. The van der Waals surface area contributed by atoms with Gasteiger partial charge in [0.25, 0.3) is 0 Å². The third-order valence-electron chi connectivity index (χ3n) is 1.39. The lowest BCUT2D eigenvalue weighted by Gasteiger charge is -1.71. The van der Waals surface area contributed by atoms with E-state index in [4.69, 9.17) is 0 Å². The third-order valence-corrected chi connectivity index (χ3v) is 1.39. The topological polar surface area (TPSA) is 0 Å². The summed E-state index contributed by atoms with van der Waals surface area (Å²) in [6, 6.07) is 0. The van der Waals surface area contributed by atoms with Crippen molar-refractivity contribution in [2.24, 2.45) is 0 Å². The molecule has 0 N–H and O–H groups in total. The van der Waals surface area contributed by atoms with Gasteiger partial charge in [-0.05, 0) is 24.0 Å². The summed E-state index contributed by atoms with van der Waals surface area (Å²) in [6.07, 6.45) is 11.3. The van der Waals surface area contributed by atoms with E-state index in [9.17, 15) is 0 Å². The molecule has 0 atom stereocenters. The van der Waals surface area contributed by atoms with Crippen molar-refractivity contribution in [3.63, 3.8) is 0 Å². The summed E-state index contributed by atoms with van der Waals surface area (Å²) in [6.45, 7) is 0. The molecule has 8 heavy (non-hydrogen) atoms. The van der Waals surface area contributed by atoms with Gasteiger partial charge in [-0.2, -0.15) is 0 Å². The Kier molecular flexibility index (Phi) is 0.696. The quantitative estimate of drug-likeness (QED) is 0.503. The van der Waals surface area contributed by atoms with Crippen LogP contribution in [0.15, 0.2) is 35.5 Å². The van der Waals surface area contributed by atoms with Crippen molar-refractivity contribution >= 4 is 0 Å². The van der Waals surface area contributed by atoms with E-state index in [2.05, 4.69) is 24.3 Å². The van der Waals surface area contributed by atoms with Gasteiger partial charge in [0, 0.05) is 0 Å². The highest BCUT2D eigenvalue weighted by Crippen LogP contribution is 2.24. The fourth-order valence-electron chi connectivity index (χ4n) is 0.604. The van der Waals surface area contributed by atoms with Crippen LogP contribution in [-0.4, -0.2) is 0 Å². The number of allylic oxidation sites excluding steroid dienone is 6. The molecule has 0 radical (unpaired) electrons. The van der Waals surface area contributed by atoms with E-state index >= 15 is 0 Å². The van der Waals surface area contributed by atoms with Crippen LogP contribution in [0.1, 0.15) is 12.8 Å². The SMILES string of the molecule is C(=CC1=CC1)C1=CC1. The van der Waals surface area contributed by atoms with E-state index in [0.717, 1.165) is 0 Å². The predicted octanol–water partition coefficient (Wildman–Crippen LogP) is 2.20. The van der Waals surface area contributed by atoms with Gasteiger partial charge in [0.05, 0.1) is 0 Å². The molecular formula is C8H8. The molecule has 2 aliphatic rings. The Morgan fingerprint density at radius 2 is 1.38 bits per heavy atom. The molecule has 2 rings (SSSR count). The van der Waals surface area contributed by atoms with Crippen LogP contribution in [-0.2, 0) is 0 Å². The molecule has 40 valence electrons. The van der Waals surface area contributed by atoms with Crippen molar-refractivity contribution < 1.29 is 0 Å². The molecule has 0 unspecified atom stereocenters. The lowest BCUT2D eigenvalue weighted by atomic mass is 10.4. The molecular weight excluding hydrogens is 96.1 g/mol. The fraction of sp³-hybridized carbons (Fsp3) is 0.250. The van der Waals surface area contributed by atoms with Crippen LogP contribution in [0.3, 0.4) is 0 Å². The maximum atomic E-state index is 2.24. The Bertz CT molecular complexity index is 170. The van der Waals surface area contributed by atoms with Crippen molar-refractivity contribution in [2.45, 2.75) is 12.8 Å². The normalized spacial score (nSPS) is 23.0. The van der Waals surface area contributed by atoms with Crippen LogP contribution in [0.4, 0.5) is 0 Å². The van der Waals surface area contributed by atoms with Crippen LogP contribution in [0.5, 0.6) is 0 Å². The van der Waals surface area contributed by atoms with Crippen LogP contribution in [0.2, 0.25) is 0 Å². The second kappa shape index (κ2) is 1.35. The van der Waals surface area contributed by atoms with E-state index in [1.807, 2.05) is 0 Å². The Balaban J connectivity index is 1.94. The van der Waals surface area contributed by atoms with Gasteiger partial charge in [0.1, 0.15) is 0 Å². The molecule has 0 aliphatic heterocycles. The number of hydrogen-bond donors (Lipinski definition) is 0. The summed E-state index contributed by atoms with van der Waals surface area (Å²) < 4.78 is 0. The van der Waals surface area contributed by atoms with Gasteiger partial charge in [-0.15, -0.1) is 0 Å². The van der Waals surface area contributed by atoms with Gasteiger partial charge >= 0.3 is 0 Å². The van der Waals surface area contributed by atoms with Crippen LogP contribution in [0.25, 0.3) is 0 Å². The molecule has 0 aromatic heterocycles. The first kappa shape index (κ1) is 4.13. The summed E-state index contributed by atoms with van der Waals surface area (Å²) in [7, 11) is 0. The Labute approximate surface area is 49.2 Å². The van der Waals surface area contributed by atoms with E-state index < -0.39 is 0 Å². The van der Waals surface area contributed by atoms with E-state index in [1.54, 1.807) is 0 Å². The van der Waals surface area contributed by atoms with Crippen molar-refractivity contribution in [2.75, 3.05) is 0 Å². The summed E-state index contributed by atoms with van der Waals surface area (Å²) >= 11 is 0. The summed E-state index contributed by atoms with van der Waals surface area (Å²) in [4.78, 5) is 0. The van der Waals surface area contributed by atoms with E-state index in [1.165, 1.54) is 24.0 Å². The zero-order valence-corrected chi connectivity index (χ0v) is 4.72. The van der Waals surface area contributed by atoms with Gasteiger partial charge in [0.15, 0.2) is 0 Å². The minimum absolute atomic E-state index is 1.23. The maximum absolute atomic E-state index is 2.24. The molecule has 0 aromatic rings. The second-order valence-corrected chi connectivity index (χ2v) is 2.30. The molecule has 2 aliphatic carbocycles. The minimum Gasteiger partial charge on any atom is -0.0766 e. The first-order chi connectivity index (χ1) is 3.95. The lowest BCUT2D eigenvalue weighted by molar-refractivity contribution is 1.55. The Hall–Kier alpha value is -0.780. The molecule has 0 heteroatoms. The standard InChI is InChI=1S/C8H8/c1-2-7(1)5-6-8-3-4-8/h1,3,5-6H,2,4H2. The Morgan fingerprint density at radius 1 is 1.00 bits per heavy atom. The van der Waals surface area contributed by atoms with Gasteiger partial charge in [-0.25, -0.2) is 0 Å². The summed E-state index contributed by atoms with van der Waals surface area (Å²) in [5.41, 5.74) is 3.00. The second-order valence-electron chi connectivity index (χ2n) is 2.30. The first-order valence-corrected chi connectivity index (χ1v) is 3.01. The van der Waals surface area contributed by atoms with E-state index in [-0.39, 0.29) is 0 Å². The maximum Gasteiger partial charge on any atom is -0.00946 e. The highest BCUT2D eigenvalue weighted by Gasteiger charge is 2.04. The Morgan fingerprint density at radius 3 is 1.62 bits per heavy atom. The van der Waals surface area contributed by atoms with Crippen molar-refractivity contribution in [3.05, 3.63) is 35.5 Å². The van der Waals surface area contributed by atoms with Crippen molar-refractivity contribution in [3.8, 4) is 0 Å². The lowest BCUT2D eigenvalue weighted by Crippen LogP contribution is -1.51. The van der Waals surface area contributed by atoms with Gasteiger partial charge in [-0.1, -0.05) is 24.3 Å². The molecule has 0 bridgehead atoms. The molecule has 0 amide bonds. The third kappa shape index (κ3) is 0.890. The van der Waals surface area contributed by atoms with Crippen molar-refractivity contribution in [1.29, 1.82) is 0 Å². The average Bonchev–Trinajstić information content (AvgIpc) is 2.60. The fourth-order valence-corrected chi connectivity index (χ4v) is 0.604. The van der Waals surface area contributed by atoms with Crippen LogP contribution >= 0.6 is 0 Å². The van der Waals surface area contributed by atoms with E-state index in [0.29, 0.717) is 0 Å². The average molecular weight is 104 g/mol. The van der Waals surface area contributed by atoms with Crippen molar-refractivity contribution in [1.82, 2.24) is 0 Å². The molecule has 0 spiro atoms. The number of hydrogen-bond acceptors (Lipinski definition) is 0. The zero-order chi connectivity index (χ0) is 5.40. The van der Waals surface area contributed by atoms with Gasteiger partial charge in [0.2, 0.25) is 0 Å². The van der Waals surface area contributed by atoms with Gasteiger partial charge in [-0.3, -0.25) is 0 Å². The minimum atomic E-state index is 1.23. The highest BCUT2D eigenvalue weighted by atomic mass is 14.1. The molecule has 0 nitrogen and oxygen atoms in total. The predicted molar refractivity (Wildman–Crippen MR) is 34.5 cm³/mol. The van der Waals surface area contributed by atoms with Gasteiger partial charge < -0.3 is 0 Å².